The van der Waals surface area contributed by atoms with Crippen molar-refractivity contribution in [2.45, 2.75) is 24.8 Å². The molecular weight excluding hydrogens is 312 g/mol. The molecule has 1 amide bonds. The molecule has 0 atom stereocenters. The summed E-state index contributed by atoms with van der Waals surface area (Å²) in [6.45, 7) is 2.67. The van der Waals surface area contributed by atoms with Crippen LogP contribution in [0.3, 0.4) is 0 Å². The van der Waals surface area contributed by atoms with Gasteiger partial charge < -0.3 is 5.73 Å². The van der Waals surface area contributed by atoms with Crippen LogP contribution in [-0.4, -0.2) is 25.2 Å². The van der Waals surface area contributed by atoms with Gasteiger partial charge in [-0.15, -0.1) is 0 Å². The first kappa shape index (κ1) is 17.2. The topological polar surface area (TPSA) is 80.5 Å². The highest BCUT2D eigenvalue weighted by Crippen LogP contribution is 2.19. The van der Waals surface area contributed by atoms with Crippen LogP contribution in [0.1, 0.15) is 29.3 Å². The molecule has 0 saturated heterocycles. The van der Waals surface area contributed by atoms with Crippen LogP contribution in [0.5, 0.6) is 0 Å². The Morgan fingerprint density at radius 3 is 2.17 bits per heavy atom. The predicted molar refractivity (Wildman–Crippen MR) is 89.3 cm³/mol. The van der Waals surface area contributed by atoms with E-state index in [4.69, 9.17) is 5.73 Å². The van der Waals surface area contributed by atoms with E-state index in [1.54, 1.807) is 0 Å². The summed E-state index contributed by atoms with van der Waals surface area (Å²) in [4.78, 5) is 11.3. The van der Waals surface area contributed by atoms with Crippen molar-refractivity contribution in [2.75, 3.05) is 6.54 Å². The molecule has 0 heterocycles. The molecule has 23 heavy (non-hydrogen) atoms. The second-order valence-corrected chi connectivity index (χ2v) is 7.15. The van der Waals surface area contributed by atoms with Crippen molar-refractivity contribution in [1.82, 2.24) is 4.31 Å². The second-order valence-electron chi connectivity index (χ2n) is 5.21. The van der Waals surface area contributed by atoms with E-state index < -0.39 is 15.9 Å². The summed E-state index contributed by atoms with van der Waals surface area (Å²) >= 11 is 0. The van der Waals surface area contributed by atoms with E-state index in [1.165, 1.54) is 28.6 Å². The van der Waals surface area contributed by atoms with Crippen LogP contribution >= 0.6 is 0 Å². The van der Waals surface area contributed by atoms with Crippen LogP contribution in [0, 0.1) is 0 Å². The molecule has 0 aromatic heterocycles. The van der Waals surface area contributed by atoms with Crippen molar-refractivity contribution in [3.8, 4) is 0 Å². The summed E-state index contributed by atoms with van der Waals surface area (Å²) in [5.41, 5.74) is 6.40. The van der Waals surface area contributed by atoms with Gasteiger partial charge in [-0.1, -0.05) is 37.3 Å². The lowest BCUT2D eigenvalue weighted by Crippen LogP contribution is -2.31. The number of carbonyl (C=O) groups is 1. The van der Waals surface area contributed by atoms with E-state index in [0.717, 1.165) is 5.56 Å². The molecule has 0 unspecified atom stereocenters. The fraction of sp³-hybridized carbons (Fsp3) is 0.235. The van der Waals surface area contributed by atoms with Crippen LogP contribution in [0.4, 0.5) is 0 Å². The van der Waals surface area contributed by atoms with Gasteiger partial charge in [0.25, 0.3) is 0 Å². The number of nitrogens with two attached hydrogens (primary N) is 1. The van der Waals surface area contributed by atoms with Gasteiger partial charge in [-0.3, -0.25) is 4.79 Å². The van der Waals surface area contributed by atoms with Gasteiger partial charge in [0.05, 0.1) is 4.90 Å². The normalized spacial score (nSPS) is 11.6. The summed E-state index contributed by atoms with van der Waals surface area (Å²) < 4.78 is 27.1. The number of primary amides is 1. The number of nitrogens with zero attached hydrogens (tertiary/aromatic N) is 1. The molecule has 0 saturated carbocycles. The molecule has 6 heteroatoms. The molecule has 122 valence electrons. The van der Waals surface area contributed by atoms with Crippen LogP contribution in [0.2, 0.25) is 0 Å². The zero-order valence-electron chi connectivity index (χ0n) is 13.0. The average molecular weight is 332 g/mol. The quantitative estimate of drug-likeness (QED) is 0.845. The van der Waals surface area contributed by atoms with Crippen LogP contribution < -0.4 is 5.73 Å². The Hall–Kier alpha value is -2.18. The first-order valence-electron chi connectivity index (χ1n) is 7.39. The first-order chi connectivity index (χ1) is 10.9. The minimum absolute atomic E-state index is 0.159. The van der Waals surface area contributed by atoms with E-state index >= 15 is 0 Å². The third-order valence-corrected chi connectivity index (χ3v) is 5.31. The molecule has 2 aromatic rings. The van der Waals surface area contributed by atoms with Gasteiger partial charge in [0.2, 0.25) is 15.9 Å². The fourth-order valence-electron chi connectivity index (χ4n) is 2.26. The van der Waals surface area contributed by atoms with Gasteiger partial charge >= 0.3 is 0 Å². The fourth-order valence-corrected chi connectivity index (χ4v) is 3.78. The molecule has 2 aromatic carbocycles. The summed E-state index contributed by atoms with van der Waals surface area (Å²) in [7, 11) is -3.62. The molecule has 5 nitrogen and oxygen atoms in total. The summed E-state index contributed by atoms with van der Waals surface area (Å²) in [6, 6.07) is 15.2. The smallest absolute Gasteiger partial charge is 0.248 e. The van der Waals surface area contributed by atoms with Gasteiger partial charge in [-0.05, 0) is 36.2 Å². The molecule has 0 aliphatic rings. The third kappa shape index (κ3) is 4.18. The van der Waals surface area contributed by atoms with E-state index in [9.17, 15) is 13.2 Å². The largest absolute Gasteiger partial charge is 0.366 e. The van der Waals surface area contributed by atoms with Crippen LogP contribution in [0.25, 0.3) is 0 Å². The SMILES string of the molecule is CCCN(Cc1ccccc1)S(=O)(=O)c1ccc(C(N)=O)cc1. The lowest BCUT2D eigenvalue weighted by Gasteiger charge is -2.22. The Morgan fingerprint density at radius 2 is 1.65 bits per heavy atom. The van der Waals surface area contributed by atoms with E-state index in [2.05, 4.69) is 0 Å². The van der Waals surface area contributed by atoms with Gasteiger partial charge in [-0.2, -0.15) is 4.31 Å². The number of amides is 1. The molecule has 0 aliphatic carbocycles. The van der Waals surface area contributed by atoms with Crippen LogP contribution in [0.15, 0.2) is 59.5 Å². The number of rotatable bonds is 7. The molecule has 2 N–H and O–H groups in total. The maximum absolute atomic E-state index is 12.8. The molecule has 0 aliphatic heterocycles. The number of hydrogen-bond donors (Lipinski definition) is 1. The minimum atomic E-state index is -3.62. The van der Waals surface area contributed by atoms with Crippen LogP contribution in [-0.2, 0) is 16.6 Å². The van der Waals surface area contributed by atoms with Gasteiger partial charge in [-0.25, -0.2) is 8.42 Å². The van der Waals surface area contributed by atoms with Gasteiger partial charge in [0, 0.05) is 18.7 Å². The van der Waals surface area contributed by atoms with E-state index in [0.29, 0.717) is 19.5 Å². The predicted octanol–water partition coefficient (Wildman–Crippen LogP) is 2.39. The zero-order valence-corrected chi connectivity index (χ0v) is 13.8. The average Bonchev–Trinajstić information content (AvgIpc) is 2.55. The number of hydrogen-bond acceptors (Lipinski definition) is 3. The standard InChI is InChI=1S/C17H20N2O3S/c1-2-12-19(13-14-6-4-3-5-7-14)23(21,22)16-10-8-15(9-11-16)17(18)20/h3-11H,2,12-13H2,1H3,(H2,18,20). The van der Waals surface area contributed by atoms with Gasteiger partial charge in [0.15, 0.2) is 0 Å². The van der Waals surface area contributed by atoms with E-state index in [1.807, 2.05) is 37.3 Å². The highest BCUT2D eigenvalue weighted by atomic mass is 32.2. The third-order valence-electron chi connectivity index (χ3n) is 3.45. The Labute approximate surface area is 136 Å². The molecule has 0 spiro atoms. The Balaban J connectivity index is 2.30. The van der Waals surface area contributed by atoms with Gasteiger partial charge in [0.1, 0.15) is 0 Å². The number of carbonyl (C=O) groups excluding carboxylic acids is 1. The highest BCUT2D eigenvalue weighted by Gasteiger charge is 2.24. The molecule has 0 fully saturated rings. The van der Waals surface area contributed by atoms with Crippen molar-refractivity contribution < 1.29 is 13.2 Å². The van der Waals surface area contributed by atoms with E-state index in [-0.39, 0.29) is 10.5 Å². The first-order valence-corrected chi connectivity index (χ1v) is 8.83. The number of sulfonamides is 1. The summed E-state index contributed by atoms with van der Waals surface area (Å²) in [6.07, 6.45) is 0.714. The second kappa shape index (κ2) is 7.39. The monoisotopic (exact) mass is 332 g/mol. The molecule has 2 rings (SSSR count). The minimum Gasteiger partial charge on any atom is -0.366 e. The van der Waals surface area contributed by atoms with Crippen molar-refractivity contribution in [3.05, 3.63) is 65.7 Å². The lowest BCUT2D eigenvalue weighted by molar-refractivity contribution is 0.1000. The highest BCUT2D eigenvalue weighted by molar-refractivity contribution is 7.89. The van der Waals surface area contributed by atoms with Crippen molar-refractivity contribution in [1.29, 1.82) is 0 Å². The van der Waals surface area contributed by atoms with Crippen molar-refractivity contribution in [3.63, 3.8) is 0 Å². The maximum atomic E-state index is 12.8. The Morgan fingerprint density at radius 1 is 1.04 bits per heavy atom. The molecule has 0 radical (unpaired) electrons. The maximum Gasteiger partial charge on any atom is 0.248 e. The molecular formula is C17H20N2O3S. The summed E-state index contributed by atoms with van der Waals surface area (Å²) in [5, 5.41) is 0. The van der Waals surface area contributed by atoms with Crippen molar-refractivity contribution >= 4 is 15.9 Å². The van der Waals surface area contributed by atoms with Crippen molar-refractivity contribution in [2.24, 2.45) is 5.73 Å². The number of benzene rings is 2. The molecule has 0 bridgehead atoms. The zero-order chi connectivity index (χ0) is 16.9. The summed E-state index contributed by atoms with van der Waals surface area (Å²) in [5.74, 6) is -0.580. The lowest BCUT2D eigenvalue weighted by atomic mass is 10.2. The Kier molecular flexibility index (Phi) is 5.52. The Bertz CT molecular complexity index is 756.